The standard InChI is InChI=1S/C15H22F2N4O2/c16-15(17)23-10-13(22)20-7-4-5-11(9-20)14-19-18-12-6-2-1-3-8-21(12)14/h11,15H,1-10H2. The highest BCUT2D eigenvalue weighted by molar-refractivity contribution is 5.77. The van der Waals surface area contributed by atoms with Crippen molar-refractivity contribution in [3.8, 4) is 0 Å². The maximum absolute atomic E-state index is 12.1. The Labute approximate surface area is 133 Å². The number of piperidine rings is 1. The molecule has 1 amide bonds. The first-order chi connectivity index (χ1) is 11.1. The molecule has 0 spiro atoms. The minimum atomic E-state index is -2.91. The Kier molecular flexibility index (Phi) is 5.20. The molecule has 128 valence electrons. The van der Waals surface area contributed by atoms with E-state index in [0.29, 0.717) is 13.1 Å². The van der Waals surface area contributed by atoms with Gasteiger partial charge in [-0.25, -0.2) is 0 Å². The second-order valence-electron chi connectivity index (χ2n) is 6.19. The summed E-state index contributed by atoms with van der Waals surface area (Å²) in [7, 11) is 0. The van der Waals surface area contributed by atoms with Gasteiger partial charge in [0.1, 0.15) is 18.3 Å². The highest BCUT2D eigenvalue weighted by Gasteiger charge is 2.29. The third-order valence-electron chi connectivity index (χ3n) is 4.61. The number of amides is 1. The molecule has 1 saturated heterocycles. The van der Waals surface area contributed by atoms with Crippen LogP contribution in [-0.4, -0.2) is 51.9 Å². The number of ether oxygens (including phenoxy) is 1. The lowest BCUT2D eigenvalue weighted by Crippen LogP contribution is -2.41. The van der Waals surface area contributed by atoms with Crippen molar-refractivity contribution < 1.29 is 18.3 Å². The molecule has 8 heteroatoms. The zero-order chi connectivity index (χ0) is 16.2. The van der Waals surface area contributed by atoms with Gasteiger partial charge in [-0.1, -0.05) is 6.42 Å². The third kappa shape index (κ3) is 3.85. The first-order valence-electron chi connectivity index (χ1n) is 8.24. The van der Waals surface area contributed by atoms with E-state index < -0.39 is 13.2 Å². The Morgan fingerprint density at radius 2 is 2.09 bits per heavy atom. The number of aryl methyl sites for hydroxylation is 1. The fraction of sp³-hybridized carbons (Fsp3) is 0.800. The van der Waals surface area contributed by atoms with Crippen molar-refractivity contribution in [1.82, 2.24) is 19.7 Å². The van der Waals surface area contributed by atoms with E-state index in [4.69, 9.17) is 0 Å². The van der Waals surface area contributed by atoms with Gasteiger partial charge in [0.2, 0.25) is 5.91 Å². The van der Waals surface area contributed by atoms with Gasteiger partial charge in [-0.2, -0.15) is 8.78 Å². The van der Waals surface area contributed by atoms with Crippen LogP contribution in [0.1, 0.15) is 49.7 Å². The summed E-state index contributed by atoms with van der Waals surface area (Å²) in [5, 5.41) is 8.66. The molecule has 1 aromatic heterocycles. The number of hydrogen-bond donors (Lipinski definition) is 0. The Balaban J connectivity index is 1.67. The van der Waals surface area contributed by atoms with Crippen LogP contribution in [-0.2, 0) is 22.5 Å². The largest absolute Gasteiger partial charge is 0.345 e. The summed E-state index contributed by atoms with van der Waals surface area (Å²) in [6, 6.07) is 0. The first kappa shape index (κ1) is 16.3. The lowest BCUT2D eigenvalue weighted by Gasteiger charge is -2.32. The van der Waals surface area contributed by atoms with Crippen molar-refractivity contribution in [3.05, 3.63) is 11.6 Å². The van der Waals surface area contributed by atoms with Gasteiger partial charge in [0, 0.05) is 32.0 Å². The summed E-state index contributed by atoms with van der Waals surface area (Å²) in [6.45, 7) is -1.46. The molecule has 1 atom stereocenters. The fourth-order valence-electron chi connectivity index (χ4n) is 3.45. The lowest BCUT2D eigenvalue weighted by atomic mass is 9.97. The summed E-state index contributed by atoms with van der Waals surface area (Å²) in [5.74, 6) is 1.71. The second kappa shape index (κ2) is 7.33. The molecule has 2 aliphatic heterocycles. The number of rotatable bonds is 4. The van der Waals surface area contributed by atoms with Crippen LogP contribution in [0.2, 0.25) is 0 Å². The maximum atomic E-state index is 12.1. The number of halogens is 2. The van der Waals surface area contributed by atoms with Gasteiger partial charge in [0.05, 0.1) is 0 Å². The van der Waals surface area contributed by atoms with E-state index >= 15 is 0 Å². The Hall–Kier alpha value is -1.57. The van der Waals surface area contributed by atoms with Crippen molar-refractivity contribution in [2.75, 3.05) is 19.7 Å². The molecule has 0 saturated carbocycles. The zero-order valence-electron chi connectivity index (χ0n) is 13.1. The van der Waals surface area contributed by atoms with Gasteiger partial charge in [0.15, 0.2) is 0 Å². The van der Waals surface area contributed by atoms with Crippen molar-refractivity contribution in [2.45, 2.75) is 57.6 Å². The number of nitrogens with zero attached hydrogens (tertiary/aromatic N) is 4. The van der Waals surface area contributed by atoms with Crippen molar-refractivity contribution in [2.24, 2.45) is 0 Å². The summed E-state index contributed by atoms with van der Waals surface area (Å²) in [6.07, 6.45) is 6.19. The molecule has 1 unspecified atom stereocenters. The number of likely N-dealkylation sites (tertiary alicyclic amines) is 1. The van der Waals surface area contributed by atoms with Crippen molar-refractivity contribution in [3.63, 3.8) is 0 Å². The molecule has 0 aromatic carbocycles. The number of carbonyl (C=O) groups is 1. The lowest BCUT2D eigenvalue weighted by molar-refractivity contribution is -0.160. The molecule has 0 aliphatic carbocycles. The molecule has 0 bridgehead atoms. The van der Waals surface area contributed by atoms with Crippen LogP contribution in [0.3, 0.4) is 0 Å². The van der Waals surface area contributed by atoms with Crippen molar-refractivity contribution in [1.29, 1.82) is 0 Å². The maximum Gasteiger partial charge on any atom is 0.345 e. The van der Waals surface area contributed by atoms with E-state index in [1.807, 2.05) is 0 Å². The van der Waals surface area contributed by atoms with Crippen LogP contribution in [0.4, 0.5) is 8.78 Å². The van der Waals surface area contributed by atoms with Crippen LogP contribution in [0.25, 0.3) is 0 Å². The molecule has 1 aromatic rings. The quantitative estimate of drug-likeness (QED) is 0.848. The van der Waals surface area contributed by atoms with Gasteiger partial charge in [-0.05, 0) is 25.7 Å². The highest BCUT2D eigenvalue weighted by Crippen LogP contribution is 2.28. The average molecular weight is 328 g/mol. The van der Waals surface area contributed by atoms with Gasteiger partial charge < -0.3 is 14.2 Å². The molecule has 6 nitrogen and oxygen atoms in total. The Morgan fingerprint density at radius 3 is 2.91 bits per heavy atom. The predicted octanol–water partition coefficient (Wildman–Crippen LogP) is 1.95. The molecule has 0 radical (unpaired) electrons. The normalized spacial score (nSPS) is 22.0. The number of alkyl halides is 2. The summed E-state index contributed by atoms with van der Waals surface area (Å²) in [4.78, 5) is 13.6. The number of aromatic nitrogens is 3. The first-order valence-corrected chi connectivity index (χ1v) is 8.24. The molecule has 1 fully saturated rings. The molecule has 0 N–H and O–H groups in total. The predicted molar refractivity (Wildman–Crippen MR) is 78.1 cm³/mol. The molecule has 3 heterocycles. The SMILES string of the molecule is O=C(COC(F)F)N1CCCC(c2nnc3n2CCCCC3)C1. The average Bonchev–Trinajstić information content (AvgIpc) is 2.81. The molecule has 23 heavy (non-hydrogen) atoms. The summed E-state index contributed by atoms with van der Waals surface area (Å²) in [5.41, 5.74) is 0. The second-order valence-corrected chi connectivity index (χ2v) is 6.19. The minimum Gasteiger partial charge on any atom is -0.340 e. The van der Waals surface area contributed by atoms with E-state index in [1.165, 1.54) is 6.42 Å². The van der Waals surface area contributed by atoms with Crippen LogP contribution in [0, 0.1) is 0 Å². The number of hydrogen-bond acceptors (Lipinski definition) is 4. The van der Waals surface area contributed by atoms with E-state index in [0.717, 1.165) is 50.3 Å². The highest BCUT2D eigenvalue weighted by atomic mass is 19.3. The molecular weight excluding hydrogens is 306 g/mol. The molecular formula is C15H22F2N4O2. The monoisotopic (exact) mass is 328 g/mol. The van der Waals surface area contributed by atoms with Crippen LogP contribution >= 0.6 is 0 Å². The topological polar surface area (TPSA) is 60.2 Å². The van der Waals surface area contributed by atoms with Gasteiger partial charge in [-0.3, -0.25) is 4.79 Å². The molecule has 2 aliphatic rings. The Morgan fingerprint density at radius 1 is 1.22 bits per heavy atom. The van der Waals surface area contributed by atoms with Gasteiger partial charge in [0.25, 0.3) is 0 Å². The molecule has 3 rings (SSSR count). The minimum absolute atomic E-state index is 0.124. The van der Waals surface area contributed by atoms with Gasteiger partial charge in [-0.15, -0.1) is 10.2 Å². The fourth-order valence-corrected chi connectivity index (χ4v) is 3.45. The van der Waals surface area contributed by atoms with E-state index in [9.17, 15) is 13.6 Å². The zero-order valence-corrected chi connectivity index (χ0v) is 13.1. The van der Waals surface area contributed by atoms with E-state index in [2.05, 4.69) is 19.5 Å². The van der Waals surface area contributed by atoms with Crippen LogP contribution in [0.15, 0.2) is 0 Å². The Bertz CT molecular complexity index is 550. The van der Waals surface area contributed by atoms with Crippen LogP contribution < -0.4 is 0 Å². The smallest absolute Gasteiger partial charge is 0.340 e. The van der Waals surface area contributed by atoms with Crippen LogP contribution in [0.5, 0.6) is 0 Å². The van der Waals surface area contributed by atoms with Crippen molar-refractivity contribution >= 4 is 5.91 Å². The summed E-state index contributed by atoms with van der Waals surface area (Å²) >= 11 is 0. The third-order valence-corrected chi connectivity index (χ3v) is 4.61. The number of carbonyl (C=O) groups excluding carboxylic acids is 1. The van der Waals surface area contributed by atoms with Gasteiger partial charge >= 0.3 is 6.61 Å². The van der Waals surface area contributed by atoms with E-state index in [-0.39, 0.29) is 11.8 Å². The summed E-state index contributed by atoms with van der Waals surface area (Å²) < 4.78 is 30.5. The van der Waals surface area contributed by atoms with E-state index in [1.54, 1.807) is 4.90 Å². The number of fused-ring (bicyclic) bond motifs is 1.